The molecule has 3 aliphatic heterocycles. The van der Waals surface area contributed by atoms with Gasteiger partial charge in [0.1, 0.15) is 36.6 Å². The summed E-state index contributed by atoms with van der Waals surface area (Å²) in [5.41, 5.74) is 7.91. The van der Waals surface area contributed by atoms with Crippen molar-refractivity contribution in [2.24, 2.45) is 0 Å². The topological polar surface area (TPSA) is 135 Å². The van der Waals surface area contributed by atoms with Crippen molar-refractivity contribution in [1.29, 1.82) is 0 Å². The number of ether oxygens (including phenoxy) is 2. The minimum Gasteiger partial charge on any atom is -0.444 e. The fourth-order valence-corrected chi connectivity index (χ4v) is 9.22. The van der Waals surface area contributed by atoms with E-state index in [1.54, 1.807) is 4.90 Å². The molecule has 326 valence electrons. The first-order valence-corrected chi connectivity index (χ1v) is 22.3. The van der Waals surface area contributed by atoms with E-state index in [1.165, 1.54) is 0 Å². The van der Waals surface area contributed by atoms with E-state index in [0.29, 0.717) is 25.4 Å². The van der Waals surface area contributed by atoms with Gasteiger partial charge in [0.05, 0.1) is 36.4 Å². The molecule has 3 fully saturated rings. The van der Waals surface area contributed by atoms with Crippen molar-refractivity contribution in [3.8, 4) is 33.6 Å². The molecule has 13 nitrogen and oxygen atoms in total. The van der Waals surface area contributed by atoms with E-state index in [1.807, 2.05) is 97.0 Å². The minimum absolute atomic E-state index is 0.0950. The largest absolute Gasteiger partial charge is 0.444 e. The van der Waals surface area contributed by atoms with Crippen molar-refractivity contribution in [2.75, 3.05) is 60.0 Å². The van der Waals surface area contributed by atoms with E-state index < -0.39 is 18.4 Å². The summed E-state index contributed by atoms with van der Waals surface area (Å²) in [6.07, 6.45) is 6.34. The number of aromatic amines is 2. The van der Waals surface area contributed by atoms with Crippen LogP contribution in [0.25, 0.3) is 33.6 Å². The number of benzene rings is 4. The molecule has 3 aliphatic rings. The van der Waals surface area contributed by atoms with E-state index >= 15 is 0 Å². The summed E-state index contributed by atoms with van der Waals surface area (Å²) < 4.78 is 12.1. The third kappa shape index (κ3) is 9.62. The van der Waals surface area contributed by atoms with Gasteiger partial charge in [-0.25, -0.2) is 14.8 Å². The molecule has 5 heterocycles. The zero-order valence-corrected chi connectivity index (χ0v) is 36.2. The summed E-state index contributed by atoms with van der Waals surface area (Å²) in [5, 5.41) is 3.41. The van der Waals surface area contributed by atoms with Gasteiger partial charge >= 0.3 is 6.09 Å². The number of aromatic nitrogens is 4. The molecule has 0 bridgehead atoms. The van der Waals surface area contributed by atoms with Gasteiger partial charge in [-0.2, -0.15) is 0 Å². The molecule has 6 aromatic rings. The number of hydrogen-bond acceptors (Lipinski definition) is 9. The maximum absolute atomic E-state index is 14.0. The van der Waals surface area contributed by atoms with Crippen LogP contribution in [0.2, 0.25) is 0 Å². The first-order chi connectivity index (χ1) is 30.9. The first kappa shape index (κ1) is 42.2. The monoisotopic (exact) mass is 847 g/mol. The van der Waals surface area contributed by atoms with E-state index in [2.05, 4.69) is 68.7 Å². The van der Waals surface area contributed by atoms with Gasteiger partial charge in [-0.1, -0.05) is 109 Å². The SMILES string of the molecule is CN(C)C(C(=O)N1CCCC1c1ncc(-c2ccc(-c3ccc(-c4cnc(C5COC(CCCN6CCNCC6)N5C(=O)OCc5ccccc5)[nH]4)cc3)cc2)[nH]1)c1ccccc1. The molecule has 63 heavy (non-hydrogen) atoms. The number of nitrogens with one attached hydrogen (secondary N) is 3. The Hall–Kier alpha value is -6.12. The average molecular weight is 848 g/mol. The highest BCUT2D eigenvalue weighted by Gasteiger charge is 2.41. The van der Waals surface area contributed by atoms with Crippen molar-refractivity contribution >= 4 is 12.0 Å². The van der Waals surface area contributed by atoms with Crippen LogP contribution >= 0.6 is 0 Å². The molecule has 0 spiro atoms. The van der Waals surface area contributed by atoms with Gasteiger partial charge in [-0.3, -0.25) is 14.6 Å². The molecular formula is C50H57N9O4. The van der Waals surface area contributed by atoms with Crippen molar-refractivity contribution in [1.82, 2.24) is 44.9 Å². The molecule has 3 saturated heterocycles. The Morgan fingerprint density at radius 1 is 0.762 bits per heavy atom. The summed E-state index contributed by atoms with van der Waals surface area (Å²) in [6, 6.07) is 35.7. The maximum Gasteiger partial charge on any atom is 0.412 e. The maximum atomic E-state index is 14.0. The number of imidazole rings is 2. The number of carbonyl (C=O) groups excluding carboxylic acids is 2. The fraction of sp³-hybridized carbons (Fsp3) is 0.360. The Morgan fingerprint density at radius 3 is 1.97 bits per heavy atom. The highest BCUT2D eigenvalue weighted by molar-refractivity contribution is 5.84. The van der Waals surface area contributed by atoms with Gasteiger partial charge in [-0.15, -0.1) is 0 Å². The van der Waals surface area contributed by atoms with Gasteiger partial charge < -0.3 is 34.6 Å². The van der Waals surface area contributed by atoms with Crippen LogP contribution in [0, 0.1) is 0 Å². The summed E-state index contributed by atoms with van der Waals surface area (Å²) in [7, 11) is 3.92. The van der Waals surface area contributed by atoms with Crippen molar-refractivity contribution < 1.29 is 19.1 Å². The number of hydrogen-bond donors (Lipinski definition) is 3. The molecule has 3 N–H and O–H groups in total. The minimum atomic E-state index is -0.403. The number of amides is 2. The van der Waals surface area contributed by atoms with Gasteiger partial charge in [0.15, 0.2) is 0 Å². The zero-order chi connectivity index (χ0) is 43.1. The van der Waals surface area contributed by atoms with Gasteiger partial charge in [0, 0.05) is 32.7 Å². The van der Waals surface area contributed by atoms with Crippen LogP contribution in [-0.4, -0.2) is 118 Å². The van der Waals surface area contributed by atoms with Crippen molar-refractivity contribution in [2.45, 2.75) is 56.6 Å². The summed E-state index contributed by atoms with van der Waals surface area (Å²) in [6.45, 7) is 6.28. The second-order valence-corrected chi connectivity index (χ2v) is 17.0. The third-order valence-corrected chi connectivity index (χ3v) is 12.6. The average Bonchev–Trinajstić information content (AvgIpc) is 4.17. The van der Waals surface area contributed by atoms with E-state index in [0.717, 1.165) is 103 Å². The number of likely N-dealkylation sites (tertiary alicyclic amines) is 1. The standard InChI is InChI=1S/C50H57N9O4/c1-56(2)46(40-13-7-4-8-14-40)49(60)58-28-9-15-43(58)47-52-31-41(54-47)38-21-17-36(18-22-38)37-19-23-39(24-20-37)42-32-53-48(55-42)44-34-62-45(16-10-27-57-29-25-51-26-30-57)59(44)50(61)63-33-35-11-5-3-6-12-35/h3-8,11-14,17-24,31-32,43-46,51H,9-10,15-16,25-30,33-34H2,1-2H3,(H,52,54)(H,53,55). The smallest absolute Gasteiger partial charge is 0.412 e. The van der Waals surface area contributed by atoms with Crippen molar-refractivity contribution in [3.05, 3.63) is 144 Å². The fourth-order valence-electron chi connectivity index (χ4n) is 9.22. The Kier molecular flexibility index (Phi) is 13.1. The molecule has 13 heteroatoms. The molecule has 2 aromatic heterocycles. The highest BCUT2D eigenvalue weighted by Crippen LogP contribution is 2.36. The lowest BCUT2D eigenvalue weighted by molar-refractivity contribution is -0.137. The lowest BCUT2D eigenvalue weighted by atomic mass is 10.0. The van der Waals surface area contributed by atoms with Crippen LogP contribution in [0.3, 0.4) is 0 Å². The molecule has 4 atom stereocenters. The first-order valence-electron chi connectivity index (χ1n) is 22.3. The van der Waals surface area contributed by atoms with Crippen LogP contribution < -0.4 is 5.32 Å². The third-order valence-electron chi connectivity index (χ3n) is 12.6. The molecule has 2 amide bonds. The molecule has 0 saturated carbocycles. The number of carbonyl (C=O) groups is 2. The highest BCUT2D eigenvalue weighted by atomic mass is 16.6. The summed E-state index contributed by atoms with van der Waals surface area (Å²) in [5.74, 6) is 1.59. The summed E-state index contributed by atoms with van der Waals surface area (Å²) >= 11 is 0. The molecule has 4 aromatic carbocycles. The normalized spacial score (nSPS) is 19.8. The Bertz CT molecular complexity index is 2410. The van der Waals surface area contributed by atoms with Gasteiger partial charge in [0.25, 0.3) is 0 Å². The number of nitrogens with zero attached hydrogens (tertiary/aromatic N) is 6. The number of H-pyrrole nitrogens is 2. The second-order valence-electron chi connectivity index (χ2n) is 17.0. The van der Waals surface area contributed by atoms with Crippen molar-refractivity contribution in [3.63, 3.8) is 0 Å². The van der Waals surface area contributed by atoms with Crippen LogP contribution in [0.4, 0.5) is 4.79 Å². The van der Waals surface area contributed by atoms with Gasteiger partial charge in [-0.05, 0) is 79.7 Å². The molecule has 0 radical (unpaired) electrons. The van der Waals surface area contributed by atoms with E-state index in [9.17, 15) is 9.59 Å². The van der Waals surface area contributed by atoms with Crippen LogP contribution in [0.1, 0.15) is 66.6 Å². The van der Waals surface area contributed by atoms with Gasteiger partial charge in [0.2, 0.25) is 5.91 Å². The lowest BCUT2D eigenvalue weighted by Crippen LogP contribution is -2.44. The molecule has 4 unspecified atom stereocenters. The Balaban J connectivity index is 0.847. The predicted molar refractivity (Wildman–Crippen MR) is 243 cm³/mol. The van der Waals surface area contributed by atoms with Crippen LogP contribution in [-0.2, 0) is 20.9 Å². The molecule has 9 rings (SSSR count). The summed E-state index contributed by atoms with van der Waals surface area (Å²) in [4.78, 5) is 52.5. The van der Waals surface area contributed by atoms with Crippen LogP contribution in [0.5, 0.6) is 0 Å². The number of likely N-dealkylation sites (N-methyl/N-ethyl adjacent to an activating group) is 1. The van der Waals surface area contributed by atoms with E-state index in [-0.39, 0.29) is 24.6 Å². The Labute approximate surface area is 369 Å². The number of rotatable bonds is 14. The Morgan fingerprint density at radius 2 is 1.35 bits per heavy atom. The molecule has 0 aliphatic carbocycles. The zero-order valence-electron chi connectivity index (χ0n) is 36.2. The molecular weight excluding hydrogens is 791 g/mol. The van der Waals surface area contributed by atoms with Crippen LogP contribution in [0.15, 0.2) is 122 Å². The van der Waals surface area contributed by atoms with E-state index in [4.69, 9.17) is 19.4 Å². The quantitative estimate of drug-likeness (QED) is 0.100. The second kappa shape index (κ2) is 19.5. The lowest BCUT2D eigenvalue weighted by Gasteiger charge is -2.31. The predicted octanol–water partition coefficient (Wildman–Crippen LogP) is 7.82. The number of piperazine rings is 1.